The van der Waals surface area contributed by atoms with Gasteiger partial charge in [0.05, 0.1) is 0 Å². The molecule has 17 heavy (non-hydrogen) atoms. The highest BCUT2D eigenvalue weighted by Crippen LogP contribution is 2.27. The zero-order valence-corrected chi connectivity index (χ0v) is 10.5. The molecule has 0 atom stereocenters. The van der Waals surface area contributed by atoms with E-state index < -0.39 is 0 Å². The summed E-state index contributed by atoms with van der Waals surface area (Å²) in [5, 5.41) is 0. The van der Waals surface area contributed by atoms with Crippen LogP contribution in [0.5, 0.6) is 0 Å². The molecule has 1 aliphatic rings. The summed E-state index contributed by atoms with van der Waals surface area (Å²) in [5.41, 5.74) is 7.15. The van der Waals surface area contributed by atoms with Crippen molar-refractivity contribution >= 4 is 5.69 Å². The van der Waals surface area contributed by atoms with E-state index in [1.54, 1.807) is 6.07 Å². The fourth-order valence-electron chi connectivity index (χ4n) is 2.37. The van der Waals surface area contributed by atoms with Crippen LogP contribution in [0.4, 0.5) is 10.1 Å². The van der Waals surface area contributed by atoms with Gasteiger partial charge < -0.3 is 5.73 Å². The molecule has 0 bridgehead atoms. The lowest BCUT2D eigenvalue weighted by Gasteiger charge is -2.31. The average molecular weight is 236 g/mol. The second-order valence-corrected chi connectivity index (χ2v) is 5.02. The number of hydrogen-bond donors (Lipinski definition) is 1. The molecule has 2 N–H and O–H groups in total. The molecule has 1 aromatic rings. The number of hydrogen-bond acceptors (Lipinski definition) is 2. The number of benzene rings is 1. The maximum atomic E-state index is 13.2. The molecule has 2 rings (SSSR count). The highest BCUT2D eigenvalue weighted by atomic mass is 19.1. The Bertz CT molecular complexity index is 354. The Balaban J connectivity index is 1.96. The van der Waals surface area contributed by atoms with Crippen molar-refractivity contribution in [1.29, 1.82) is 0 Å². The van der Waals surface area contributed by atoms with Gasteiger partial charge in [0, 0.05) is 18.8 Å². The van der Waals surface area contributed by atoms with Gasteiger partial charge in [-0.2, -0.15) is 0 Å². The molecular weight excluding hydrogens is 215 g/mol. The van der Waals surface area contributed by atoms with Crippen LogP contribution >= 0.6 is 0 Å². The van der Waals surface area contributed by atoms with Crippen molar-refractivity contribution in [3.05, 3.63) is 29.6 Å². The van der Waals surface area contributed by atoms with Crippen LogP contribution in [-0.2, 0) is 6.54 Å². The fraction of sp³-hybridized carbons (Fsp3) is 0.571. The fourth-order valence-corrected chi connectivity index (χ4v) is 2.37. The highest BCUT2D eigenvalue weighted by Gasteiger charge is 2.20. The van der Waals surface area contributed by atoms with E-state index in [2.05, 4.69) is 11.8 Å². The molecule has 3 heteroatoms. The minimum atomic E-state index is -0.236. The van der Waals surface area contributed by atoms with Crippen LogP contribution in [0.3, 0.4) is 0 Å². The normalized spacial score (nSPS) is 16.2. The molecule has 1 aromatic carbocycles. The smallest absolute Gasteiger partial charge is 0.125 e. The van der Waals surface area contributed by atoms with Gasteiger partial charge in [-0.05, 0) is 49.1 Å². The molecule has 0 aromatic heterocycles. The molecular formula is C14H21FN2. The van der Waals surface area contributed by atoms with Crippen LogP contribution in [0.25, 0.3) is 0 Å². The van der Waals surface area contributed by atoms with Crippen molar-refractivity contribution in [1.82, 2.24) is 4.90 Å². The van der Waals surface area contributed by atoms with Crippen molar-refractivity contribution in [2.45, 2.75) is 32.7 Å². The number of halogens is 1. The van der Waals surface area contributed by atoms with Gasteiger partial charge in [-0.15, -0.1) is 0 Å². The van der Waals surface area contributed by atoms with Crippen LogP contribution in [0.2, 0.25) is 0 Å². The summed E-state index contributed by atoms with van der Waals surface area (Å²) in [6.45, 7) is 5.09. The van der Waals surface area contributed by atoms with E-state index >= 15 is 0 Å². The van der Waals surface area contributed by atoms with Crippen LogP contribution in [0.1, 0.15) is 31.7 Å². The summed E-state index contributed by atoms with van der Waals surface area (Å²) in [4.78, 5) is 2.37. The number of nitrogen functional groups attached to an aromatic ring is 1. The van der Waals surface area contributed by atoms with Gasteiger partial charge in [0.25, 0.3) is 0 Å². The molecule has 0 heterocycles. The van der Waals surface area contributed by atoms with Gasteiger partial charge in [-0.1, -0.05) is 13.3 Å². The maximum absolute atomic E-state index is 13.2. The zero-order chi connectivity index (χ0) is 12.3. The van der Waals surface area contributed by atoms with E-state index in [1.807, 2.05) is 6.07 Å². The van der Waals surface area contributed by atoms with E-state index in [9.17, 15) is 4.39 Å². The molecule has 0 radical (unpaired) electrons. The Labute approximate surface area is 103 Å². The third kappa shape index (κ3) is 3.43. The molecule has 1 saturated carbocycles. The number of rotatable bonds is 5. The molecule has 2 nitrogen and oxygen atoms in total. The quantitative estimate of drug-likeness (QED) is 0.796. The van der Waals surface area contributed by atoms with Gasteiger partial charge in [0.15, 0.2) is 0 Å². The number of anilines is 1. The van der Waals surface area contributed by atoms with Gasteiger partial charge in [-0.25, -0.2) is 4.39 Å². The van der Waals surface area contributed by atoms with Gasteiger partial charge >= 0.3 is 0 Å². The summed E-state index contributed by atoms with van der Waals surface area (Å²) in [6, 6.07) is 4.82. The predicted molar refractivity (Wildman–Crippen MR) is 69.1 cm³/mol. The van der Waals surface area contributed by atoms with E-state index in [4.69, 9.17) is 5.73 Å². The first-order valence-electron chi connectivity index (χ1n) is 6.44. The van der Waals surface area contributed by atoms with E-state index in [-0.39, 0.29) is 5.82 Å². The Morgan fingerprint density at radius 3 is 2.65 bits per heavy atom. The van der Waals surface area contributed by atoms with Crippen molar-refractivity contribution in [3.8, 4) is 0 Å². The third-order valence-electron chi connectivity index (χ3n) is 3.57. The number of nitrogens with two attached hydrogens (primary N) is 1. The lowest BCUT2D eigenvalue weighted by Crippen LogP contribution is -2.32. The SMILES string of the molecule is CCN(Cc1cc(N)cc(F)c1)CC1CCC1. The Hall–Kier alpha value is -1.09. The maximum Gasteiger partial charge on any atom is 0.125 e. The van der Waals surface area contributed by atoms with Crippen molar-refractivity contribution in [3.63, 3.8) is 0 Å². The molecule has 1 fully saturated rings. The molecule has 0 aliphatic heterocycles. The van der Waals surface area contributed by atoms with Crippen LogP contribution < -0.4 is 5.73 Å². The van der Waals surface area contributed by atoms with Crippen LogP contribution in [-0.4, -0.2) is 18.0 Å². The molecule has 94 valence electrons. The minimum absolute atomic E-state index is 0.236. The summed E-state index contributed by atoms with van der Waals surface area (Å²) in [5.74, 6) is 0.612. The Morgan fingerprint density at radius 2 is 2.12 bits per heavy atom. The van der Waals surface area contributed by atoms with E-state index in [0.717, 1.165) is 31.1 Å². The van der Waals surface area contributed by atoms with Gasteiger partial charge in [0.1, 0.15) is 5.82 Å². The summed E-state index contributed by atoms with van der Waals surface area (Å²) in [7, 11) is 0. The lowest BCUT2D eigenvalue weighted by molar-refractivity contribution is 0.178. The number of nitrogens with zero attached hydrogens (tertiary/aromatic N) is 1. The monoisotopic (exact) mass is 236 g/mol. The topological polar surface area (TPSA) is 29.3 Å². The molecule has 0 spiro atoms. The van der Waals surface area contributed by atoms with E-state index in [1.165, 1.54) is 25.3 Å². The second-order valence-electron chi connectivity index (χ2n) is 5.02. The van der Waals surface area contributed by atoms with Crippen molar-refractivity contribution in [2.24, 2.45) is 5.92 Å². The average Bonchev–Trinajstić information content (AvgIpc) is 2.20. The molecule has 1 aliphatic carbocycles. The first-order valence-corrected chi connectivity index (χ1v) is 6.44. The van der Waals surface area contributed by atoms with Crippen molar-refractivity contribution in [2.75, 3.05) is 18.8 Å². The zero-order valence-electron chi connectivity index (χ0n) is 10.5. The Kier molecular flexibility index (Phi) is 4.00. The van der Waals surface area contributed by atoms with Gasteiger partial charge in [-0.3, -0.25) is 4.90 Å². The first-order chi connectivity index (χ1) is 8.17. The van der Waals surface area contributed by atoms with Crippen LogP contribution in [0.15, 0.2) is 18.2 Å². The summed E-state index contributed by atoms with van der Waals surface area (Å²) in [6.07, 6.45) is 4.07. The molecule has 0 amide bonds. The molecule has 0 unspecified atom stereocenters. The lowest BCUT2D eigenvalue weighted by atomic mass is 9.85. The van der Waals surface area contributed by atoms with Crippen molar-refractivity contribution < 1.29 is 4.39 Å². The molecule has 0 saturated heterocycles. The van der Waals surface area contributed by atoms with E-state index in [0.29, 0.717) is 5.69 Å². The second kappa shape index (κ2) is 5.50. The predicted octanol–water partition coefficient (Wildman–Crippen LogP) is 3.03. The highest BCUT2D eigenvalue weighted by molar-refractivity contribution is 5.41. The minimum Gasteiger partial charge on any atom is -0.399 e. The van der Waals surface area contributed by atoms with Crippen LogP contribution in [0, 0.1) is 11.7 Å². The van der Waals surface area contributed by atoms with Gasteiger partial charge in [0.2, 0.25) is 0 Å². The Morgan fingerprint density at radius 1 is 1.35 bits per heavy atom. The third-order valence-corrected chi connectivity index (χ3v) is 3.57. The first kappa shape index (κ1) is 12.4. The standard InChI is InChI=1S/C14H21FN2/c1-2-17(9-11-4-3-5-11)10-12-6-13(15)8-14(16)7-12/h6-8,11H,2-5,9-10,16H2,1H3. The summed E-state index contributed by atoms with van der Waals surface area (Å²) < 4.78 is 13.2. The largest absolute Gasteiger partial charge is 0.399 e. The summed E-state index contributed by atoms with van der Waals surface area (Å²) >= 11 is 0.